The fourth-order valence-corrected chi connectivity index (χ4v) is 2.83. The second-order valence-electron chi connectivity index (χ2n) is 5.81. The third kappa shape index (κ3) is 2.99. The number of carbonyl (C=O) groups is 1. The molecule has 17 heavy (non-hydrogen) atoms. The fourth-order valence-electron chi connectivity index (χ4n) is 2.83. The lowest BCUT2D eigenvalue weighted by molar-refractivity contribution is -0.143. The van der Waals surface area contributed by atoms with Crippen LogP contribution in [0.1, 0.15) is 33.1 Å². The second kappa shape index (κ2) is 4.94. The molecule has 2 aliphatic heterocycles. The summed E-state index contributed by atoms with van der Waals surface area (Å²) >= 11 is 0. The SMILES string of the molecule is CCC1(O)CN(CC(=O)N2CCCC(C)C2)C1. The van der Waals surface area contributed by atoms with E-state index in [-0.39, 0.29) is 5.91 Å². The summed E-state index contributed by atoms with van der Waals surface area (Å²) in [6.45, 7) is 7.80. The van der Waals surface area contributed by atoms with E-state index in [1.165, 1.54) is 6.42 Å². The molecule has 2 rings (SSSR count). The highest BCUT2D eigenvalue weighted by Gasteiger charge is 2.40. The quantitative estimate of drug-likeness (QED) is 0.790. The molecule has 1 atom stereocenters. The summed E-state index contributed by atoms with van der Waals surface area (Å²) in [5, 5.41) is 9.89. The van der Waals surface area contributed by atoms with Gasteiger partial charge in [0.1, 0.15) is 0 Å². The average molecular weight is 240 g/mol. The van der Waals surface area contributed by atoms with Crippen LogP contribution in [-0.2, 0) is 4.79 Å². The number of nitrogens with zero attached hydrogens (tertiary/aromatic N) is 2. The van der Waals surface area contributed by atoms with Crippen LogP contribution in [0.5, 0.6) is 0 Å². The lowest BCUT2D eigenvalue weighted by atomic mass is 9.91. The summed E-state index contributed by atoms with van der Waals surface area (Å²) in [4.78, 5) is 16.1. The van der Waals surface area contributed by atoms with Crippen molar-refractivity contribution in [2.45, 2.75) is 38.7 Å². The van der Waals surface area contributed by atoms with Gasteiger partial charge in [-0.25, -0.2) is 0 Å². The van der Waals surface area contributed by atoms with Crippen LogP contribution in [0, 0.1) is 5.92 Å². The van der Waals surface area contributed by atoms with E-state index < -0.39 is 5.60 Å². The molecule has 2 heterocycles. The number of carbonyl (C=O) groups excluding carboxylic acids is 1. The Bertz CT molecular complexity index is 287. The molecule has 0 aliphatic carbocycles. The summed E-state index contributed by atoms with van der Waals surface area (Å²) in [5.74, 6) is 0.867. The van der Waals surface area contributed by atoms with Gasteiger partial charge in [0.15, 0.2) is 0 Å². The van der Waals surface area contributed by atoms with Gasteiger partial charge in [0.2, 0.25) is 5.91 Å². The minimum atomic E-state index is -0.532. The molecule has 1 unspecified atom stereocenters. The van der Waals surface area contributed by atoms with Crippen LogP contribution in [0.25, 0.3) is 0 Å². The molecule has 0 aromatic rings. The molecular formula is C13H24N2O2. The molecule has 0 saturated carbocycles. The third-order valence-electron chi connectivity index (χ3n) is 4.06. The van der Waals surface area contributed by atoms with Crippen molar-refractivity contribution in [2.75, 3.05) is 32.7 Å². The van der Waals surface area contributed by atoms with E-state index in [0.717, 1.165) is 25.9 Å². The Hall–Kier alpha value is -0.610. The largest absolute Gasteiger partial charge is 0.387 e. The Balaban J connectivity index is 1.75. The van der Waals surface area contributed by atoms with E-state index in [4.69, 9.17) is 0 Å². The Morgan fingerprint density at radius 1 is 1.47 bits per heavy atom. The second-order valence-corrected chi connectivity index (χ2v) is 5.81. The maximum atomic E-state index is 12.0. The van der Waals surface area contributed by atoms with E-state index in [2.05, 4.69) is 6.92 Å². The lowest BCUT2D eigenvalue weighted by Gasteiger charge is -2.46. The zero-order valence-electron chi connectivity index (χ0n) is 11.0. The number of piperidine rings is 1. The van der Waals surface area contributed by atoms with Crippen molar-refractivity contribution in [3.05, 3.63) is 0 Å². The highest BCUT2D eigenvalue weighted by molar-refractivity contribution is 5.78. The van der Waals surface area contributed by atoms with Gasteiger partial charge in [-0.3, -0.25) is 9.69 Å². The molecule has 4 nitrogen and oxygen atoms in total. The van der Waals surface area contributed by atoms with Crippen molar-refractivity contribution in [3.63, 3.8) is 0 Å². The number of β-amino-alcohol motifs (C(OH)–C–C–N with tert-alkyl or cyclic N) is 1. The van der Waals surface area contributed by atoms with Crippen LogP contribution >= 0.6 is 0 Å². The van der Waals surface area contributed by atoms with Crippen molar-refractivity contribution >= 4 is 5.91 Å². The molecular weight excluding hydrogens is 216 g/mol. The van der Waals surface area contributed by atoms with Crippen molar-refractivity contribution in [3.8, 4) is 0 Å². The van der Waals surface area contributed by atoms with E-state index in [0.29, 0.717) is 25.6 Å². The summed E-state index contributed by atoms with van der Waals surface area (Å²) in [7, 11) is 0. The van der Waals surface area contributed by atoms with E-state index in [1.807, 2.05) is 16.7 Å². The Morgan fingerprint density at radius 3 is 2.76 bits per heavy atom. The fraction of sp³-hybridized carbons (Fsp3) is 0.923. The molecule has 0 radical (unpaired) electrons. The minimum Gasteiger partial charge on any atom is -0.387 e. The number of hydrogen-bond donors (Lipinski definition) is 1. The smallest absolute Gasteiger partial charge is 0.236 e. The van der Waals surface area contributed by atoms with Gasteiger partial charge in [0.25, 0.3) is 0 Å². The lowest BCUT2D eigenvalue weighted by Crippen LogP contribution is -2.63. The number of hydrogen-bond acceptors (Lipinski definition) is 3. The molecule has 4 heteroatoms. The van der Waals surface area contributed by atoms with Gasteiger partial charge in [-0.05, 0) is 25.2 Å². The Labute approximate surface area is 104 Å². The van der Waals surface area contributed by atoms with E-state index in [1.54, 1.807) is 0 Å². The molecule has 1 amide bonds. The molecule has 0 spiro atoms. The molecule has 1 N–H and O–H groups in total. The van der Waals surface area contributed by atoms with Crippen molar-refractivity contribution in [2.24, 2.45) is 5.92 Å². The van der Waals surface area contributed by atoms with Crippen LogP contribution in [0.15, 0.2) is 0 Å². The topological polar surface area (TPSA) is 43.8 Å². The zero-order valence-corrected chi connectivity index (χ0v) is 11.0. The van der Waals surface area contributed by atoms with Crippen molar-refractivity contribution < 1.29 is 9.90 Å². The van der Waals surface area contributed by atoms with Gasteiger partial charge in [-0.15, -0.1) is 0 Å². The summed E-state index contributed by atoms with van der Waals surface area (Å²) in [6, 6.07) is 0. The average Bonchev–Trinajstić information content (AvgIpc) is 2.26. The first kappa shape index (κ1) is 12.8. The van der Waals surface area contributed by atoms with E-state index >= 15 is 0 Å². The van der Waals surface area contributed by atoms with Crippen molar-refractivity contribution in [1.29, 1.82) is 0 Å². The van der Waals surface area contributed by atoms with Gasteiger partial charge in [-0.1, -0.05) is 13.8 Å². The van der Waals surface area contributed by atoms with Crippen LogP contribution in [0.3, 0.4) is 0 Å². The first-order valence-corrected chi connectivity index (χ1v) is 6.75. The van der Waals surface area contributed by atoms with Crippen LogP contribution in [0.2, 0.25) is 0 Å². The highest BCUT2D eigenvalue weighted by Crippen LogP contribution is 2.24. The Kier molecular flexibility index (Phi) is 3.73. The number of rotatable bonds is 3. The third-order valence-corrected chi connectivity index (χ3v) is 4.06. The Morgan fingerprint density at radius 2 is 2.18 bits per heavy atom. The first-order chi connectivity index (χ1) is 8.02. The van der Waals surface area contributed by atoms with Crippen molar-refractivity contribution in [1.82, 2.24) is 9.80 Å². The van der Waals surface area contributed by atoms with Gasteiger partial charge >= 0.3 is 0 Å². The van der Waals surface area contributed by atoms with Gasteiger partial charge in [0.05, 0.1) is 12.1 Å². The molecule has 0 aromatic carbocycles. The maximum Gasteiger partial charge on any atom is 0.236 e. The maximum absolute atomic E-state index is 12.0. The summed E-state index contributed by atoms with van der Waals surface area (Å²) in [5.41, 5.74) is -0.532. The molecule has 0 aromatic heterocycles. The summed E-state index contributed by atoms with van der Waals surface area (Å²) < 4.78 is 0. The zero-order chi connectivity index (χ0) is 12.5. The molecule has 0 bridgehead atoms. The highest BCUT2D eigenvalue weighted by atomic mass is 16.3. The number of likely N-dealkylation sites (tertiary alicyclic amines) is 2. The predicted molar refractivity (Wildman–Crippen MR) is 66.7 cm³/mol. The number of aliphatic hydroxyl groups is 1. The predicted octanol–water partition coefficient (Wildman–Crippen LogP) is 0.702. The molecule has 2 saturated heterocycles. The van der Waals surface area contributed by atoms with Crippen LogP contribution in [-0.4, -0.2) is 59.1 Å². The van der Waals surface area contributed by atoms with Gasteiger partial charge in [0, 0.05) is 26.2 Å². The van der Waals surface area contributed by atoms with Crippen LogP contribution in [0.4, 0.5) is 0 Å². The normalized spacial score (nSPS) is 28.9. The first-order valence-electron chi connectivity index (χ1n) is 6.75. The molecule has 98 valence electrons. The monoisotopic (exact) mass is 240 g/mol. The van der Waals surface area contributed by atoms with Gasteiger partial charge in [-0.2, -0.15) is 0 Å². The minimum absolute atomic E-state index is 0.231. The summed E-state index contributed by atoms with van der Waals surface area (Å²) in [6.07, 6.45) is 3.15. The number of amides is 1. The van der Waals surface area contributed by atoms with Gasteiger partial charge < -0.3 is 10.0 Å². The molecule has 2 fully saturated rings. The standard InChI is InChI=1S/C13H24N2O2/c1-3-13(17)9-14(10-13)8-12(16)15-6-4-5-11(2)7-15/h11,17H,3-10H2,1-2H3. The molecule has 2 aliphatic rings. The van der Waals surface area contributed by atoms with Crippen LogP contribution < -0.4 is 0 Å². The van der Waals surface area contributed by atoms with E-state index in [9.17, 15) is 9.90 Å².